The first-order valence-electron chi connectivity index (χ1n) is 6.99. The standard InChI is InChI=1S/C14H26N2O/c1-2-3-4-5-6-7-8-9-13(17)12-14-15-10-11-16-14/h10-11,13,17H,2-9,12H2,1H3,(H,15,16). The maximum absolute atomic E-state index is 9.80. The van der Waals surface area contributed by atoms with Crippen molar-refractivity contribution in [2.24, 2.45) is 0 Å². The Morgan fingerprint density at radius 1 is 1.18 bits per heavy atom. The van der Waals surface area contributed by atoms with Gasteiger partial charge in [0.1, 0.15) is 5.82 Å². The second-order valence-electron chi connectivity index (χ2n) is 4.80. The molecular formula is C14H26N2O. The first kappa shape index (κ1) is 14.2. The number of aromatic nitrogens is 2. The first-order chi connectivity index (χ1) is 8.33. The summed E-state index contributed by atoms with van der Waals surface area (Å²) in [4.78, 5) is 7.14. The highest BCUT2D eigenvalue weighted by atomic mass is 16.3. The lowest BCUT2D eigenvalue weighted by Gasteiger charge is -2.08. The van der Waals surface area contributed by atoms with Gasteiger partial charge in [-0.25, -0.2) is 4.98 Å². The van der Waals surface area contributed by atoms with Crippen LogP contribution in [-0.2, 0) is 6.42 Å². The third-order valence-corrected chi connectivity index (χ3v) is 3.12. The van der Waals surface area contributed by atoms with Gasteiger partial charge < -0.3 is 10.1 Å². The second-order valence-corrected chi connectivity index (χ2v) is 4.80. The van der Waals surface area contributed by atoms with Crippen molar-refractivity contribution in [3.63, 3.8) is 0 Å². The molecule has 1 aromatic heterocycles. The Hall–Kier alpha value is -0.830. The molecule has 3 nitrogen and oxygen atoms in total. The van der Waals surface area contributed by atoms with Crippen molar-refractivity contribution in [2.45, 2.75) is 70.8 Å². The van der Waals surface area contributed by atoms with Gasteiger partial charge in [0.25, 0.3) is 0 Å². The Morgan fingerprint density at radius 2 is 1.88 bits per heavy atom. The van der Waals surface area contributed by atoms with Crippen LogP contribution in [0.15, 0.2) is 12.4 Å². The Bertz CT molecular complexity index is 259. The van der Waals surface area contributed by atoms with Crippen LogP contribution >= 0.6 is 0 Å². The first-order valence-corrected chi connectivity index (χ1v) is 6.99. The van der Waals surface area contributed by atoms with Gasteiger partial charge in [0, 0.05) is 18.8 Å². The van der Waals surface area contributed by atoms with Crippen molar-refractivity contribution in [1.82, 2.24) is 9.97 Å². The molecule has 1 atom stereocenters. The van der Waals surface area contributed by atoms with Gasteiger partial charge in [-0.15, -0.1) is 0 Å². The van der Waals surface area contributed by atoms with Gasteiger partial charge in [0.15, 0.2) is 0 Å². The van der Waals surface area contributed by atoms with Crippen molar-refractivity contribution in [3.8, 4) is 0 Å². The minimum Gasteiger partial charge on any atom is -0.393 e. The maximum Gasteiger partial charge on any atom is 0.108 e. The van der Waals surface area contributed by atoms with Crippen LogP contribution in [0.1, 0.15) is 64.1 Å². The van der Waals surface area contributed by atoms with Crippen molar-refractivity contribution in [2.75, 3.05) is 0 Å². The predicted molar refractivity (Wildman–Crippen MR) is 70.9 cm³/mol. The molecule has 0 amide bonds. The van der Waals surface area contributed by atoms with Crippen LogP contribution in [0, 0.1) is 0 Å². The van der Waals surface area contributed by atoms with Gasteiger partial charge in [-0.2, -0.15) is 0 Å². The number of unbranched alkanes of at least 4 members (excludes halogenated alkanes) is 6. The Morgan fingerprint density at radius 3 is 2.53 bits per heavy atom. The monoisotopic (exact) mass is 238 g/mol. The molecule has 3 heteroatoms. The summed E-state index contributed by atoms with van der Waals surface area (Å²) in [5.74, 6) is 0.889. The van der Waals surface area contributed by atoms with E-state index in [4.69, 9.17) is 0 Å². The van der Waals surface area contributed by atoms with E-state index < -0.39 is 0 Å². The smallest absolute Gasteiger partial charge is 0.108 e. The minimum absolute atomic E-state index is 0.239. The number of aliphatic hydroxyl groups excluding tert-OH is 1. The zero-order chi connectivity index (χ0) is 12.3. The van der Waals surface area contributed by atoms with Crippen LogP contribution in [-0.4, -0.2) is 21.2 Å². The van der Waals surface area contributed by atoms with E-state index in [1.54, 1.807) is 12.4 Å². The van der Waals surface area contributed by atoms with E-state index in [2.05, 4.69) is 16.9 Å². The number of nitrogens with one attached hydrogen (secondary N) is 1. The molecule has 0 aliphatic rings. The average Bonchev–Trinajstić information content (AvgIpc) is 2.80. The van der Waals surface area contributed by atoms with Crippen molar-refractivity contribution in [3.05, 3.63) is 18.2 Å². The predicted octanol–water partition coefficient (Wildman–Crippen LogP) is 3.45. The van der Waals surface area contributed by atoms with E-state index in [0.29, 0.717) is 6.42 Å². The van der Waals surface area contributed by atoms with E-state index in [1.807, 2.05) is 0 Å². The number of aromatic amines is 1. The van der Waals surface area contributed by atoms with Gasteiger partial charge in [-0.05, 0) is 6.42 Å². The normalized spacial score (nSPS) is 12.8. The second kappa shape index (κ2) is 9.23. The third kappa shape index (κ3) is 7.16. The molecule has 0 aromatic carbocycles. The summed E-state index contributed by atoms with van der Waals surface area (Å²) in [5, 5.41) is 9.80. The quantitative estimate of drug-likeness (QED) is 0.613. The molecule has 0 spiro atoms. The number of imidazole rings is 1. The molecule has 0 saturated heterocycles. The SMILES string of the molecule is CCCCCCCCCC(O)Cc1ncc[nH]1. The molecule has 17 heavy (non-hydrogen) atoms. The van der Waals surface area contributed by atoms with E-state index in [9.17, 15) is 5.11 Å². The highest BCUT2D eigenvalue weighted by molar-refractivity contribution is 4.88. The van der Waals surface area contributed by atoms with Crippen LogP contribution in [0.2, 0.25) is 0 Å². The molecule has 0 bridgehead atoms. The summed E-state index contributed by atoms with van der Waals surface area (Å²) in [7, 11) is 0. The van der Waals surface area contributed by atoms with E-state index >= 15 is 0 Å². The number of aliphatic hydroxyl groups is 1. The van der Waals surface area contributed by atoms with Crippen molar-refractivity contribution < 1.29 is 5.11 Å². The summed E-state index contributed by atoms with van der Waals surface area (Å²) in [6.07, 6.45) is 13.9. The van der Waals surface area contributed by atoms with Gasteiger partial charge >= 0.3 is 0 Å². The molecule has 98 valence electrons. The van der Waals surface area contributed by atoms with Gasteiger partial charge in [-0.1, -0.05) is 51.9 Å². The highest BCUT2D eigenvalue weighted by Crippen LogP contribution is 2.11. The molecule has 1 aromatic rings. The van der Waals surface area contributed by atoms with Crippen LogP contribution in [0.5, 0.6) is 0 Å². The summed E-state index contributed by atoms with van der Waals surface area (Å²) in [6.45, 7) is 2.24. The summed E-state index contributed by atoms with van der Waals surface area (Å²) < 4.78 is 0. The summed E-state index contributed by atoms with van der Waals surface area (Å²) in [6, 6.07) is 0. The topological polar surface area (TPSA) is 48.9 Å². The zero-order valence-corrected chi connectivity index (χ0v) is 11.0. The Balaban J connectivity index is 1.92. The van der Waals surface area contributed by atoms with Crippen LogP contribution in [0.25, 0.3) is 0 Å². The fourth-order valence-electron chi connectivity index (χ4n) is 2.07. The van der Waals surface area contributed by atoms with Crippen LogP contribution in [0.3, 0.4) is 0 Å². The lowest BCUT2D eigenvalue weighted by Crippen LogP contribution is -2.11. The molecule has 2 N–H and O–H groups in total. The fourth-order valence-corrected chi connectivity index (χ4v) is 2.07. The summed E-state index contributed by atoms with van der Waals surface area (Å²) in [5.41, 5.74) is 0. The molecule has 1 rings (SSSR count). The fraction of sp³-hybridized carbons (Fsp3) is 0.786. The van der Waals surface area contributed by atoms with Crippen LogP contribution < -0.4 is 0 Å². The average molecular weight is 238 g/mol. The molecule has 1 unspecified atom stereocenters. The van der Waals surface area contributed by atoms with E-state index in [1.165, 1.54) is 38.5 Å². The largest absolute Gasteiger partial charge is 0.393 e. The lowest BCUT2D eigenvalue weighted by molar-refractivity contribution is 0.158. The number of H-pyrrole nitrogens is 1. The number of rotatable bonds is 10. The van der Waals surface area contributed by atoms with Crippen molar-refractivity contribution >= 4 is 0 Å². The highest BCUT2D eigenvalue weighted by Gasteiger charge is 2.06. The van der Waals surface area contributed by atoms with Crippen molar-refractivity contribution in [1.29, 1.82) is 0 Å². The molecule has 0 saturated carbocycles. The molecule has 0 radical (unpaired) electrons. The minimum atomic E-state index is -0.239. The van der Waals surface area contributed by atoms with Gasteiger partial charge in [0.05, 0.1) is 6.10 Å². The Labute approximate surface area is 105 Å². The lowest BCUT2D eigenvalue weighted by atomic mass is 10.0. The number of hydrogen-bond acceptors (Lipinski definition) is 2. The maximum atomic E-state index is 9.80. The number of nitrogens with zero attached hydrogens (tertiary/aromatic N) is 1. The van der Waals surface area contributed by atoms with E-state index in [0.717, 1.165) is 18.7 Å². The molecule has 0 aliphatic heterocycles. The zero-order valence-electron chi connectivity index (χ0n) is 11.0. The van der Waals surface area contributed by atoms with Gasteiger partial charge in [-0.3, -0.25) is 0 Å². The molecule has 0 fully saturated rings. The van der Waals surface area contributed by atoms with Crippen LogP contribution in [0.4, 0.5) is 0 Å². The Kier molecular flexibility index (Phi) is 7.72. The summed E-state index contributed by atoms with van der Waals surface area (Å²) >= 11 is 0. The molecule has 0 aliphatic carbocycles. The van der Waals surface area contributed by atoms with E-state index in [-0.39, 0.29) is 6.10 Å². The molecular weight excluding hydrogens is 212 g/mol. The van der Waals surface area contributed by atoms with Gasteiger partial charge in [0.2, 0.25) is 0 Å². The number of hydrogen-bond donors (Lipinski definition) is 2. The molecule has 1 heterocycles. The third-order valence-electron chi connectivity index (χ3n) is 3.12.